The molecular formula is C10H11BrClNO2. The summed E-state index contributed by atoms with van der Waals surface area (Å²) in [5.41, 5.74) is 0.764. The Morgan fingerprint density at radius 3 is 2.87 bits per heavy atom. The second-order valence-corrected chi connectivity index (χ2v) is 4.19. The number of benzene rings is 1. The topological polar surface area (TPSA) is 38.3 Å². The smallest absolute Gasteiger partial charge is 0.327 e. The van der Waals surface area contributed by atoms with E-state index in [0.717, 1.165) is 10.2 Å². The van der Waals surface area contributed by atoms with Gasteiger partial charge >= 0.3 is 5.97 Å². The van der Waals surface area contributed by atoms with Gasteiger partial charge in [0.1, 0.15) is 6.04 Å². The number of hydrogen-bond donors (Lipinski definition) is 1. The lowest BCUT2D eigenvalue weighted by atomic mass is 10.2. The van der Waals surface area contributed by atoms with Crippen molar-refractivity contribution in [2.24, 2.45) is 0 Å². The first-order valence-electron chi connectivity index (χ1n) is 4.34. The molecule has 0 saturated carbocycles. The number of halogens is 2. The van der Waals surface area contributed by atoms with Gasteiger partial charge in [0.15, 0.2) is 0 Å². The summed E-state index contributed by atoms with van der Waals surface area (Å²) >= 11 is 9.24. The van der Waals surface area contributed by atoms with Gasteiger partial charge in [0.25, 0.3) is 0 Å². The molecule has 1 aromatic carbocycles. The fraction of sp³-hybridized carbons (Fsp3) is 0.300. The monoisotopic (exact) mass is 291 g/mol. The van der Waals surface area contributed by atoms with Crippen LogP contribution in [-0.4, -0.2) is 19.1 Å². The Bertz CT molecular complexity index is 370. The van der Waals surface area contributed by atoms with Gasteiger partial charge in [0, 0.05) is 0 Å². The van der Waals surface area contributed by atoms with Crippen molar-refractivity contribution in [3.63, 3.8) is 0 Å². The van der Waals surface area contributed by atoms with Crippen LogP contribution >= 0.6 is 27.5 Å². The van der Waals surface area contributed by atoms with Crippen molar-refractivity contribution in [1.29, 1.82) is 0 Å². The lowest BCUT2D eigenvalue weighted by molar-refractivity contribution is -0.141. The van der Waals surface area contributed by atoms with Crippen LogP contribution in [0.3, 0.4) is 0 Å². The van der Waals surface area contributed by atoms with Gasteiger partial charge in [-0.05, 0) is 35.0 Å². The molecular weight excluding hydrogens is 281 g/mol. The first-order valence-corrected chi connectivity index (χ1v) is 5.51. The molecule has 1 unspecified atom stereocenters. The predicted octanol–water partition coefficient (Wildman–Crippen LogP) is 3.08. The maximum absolute atomic E-state index is 11.2. The van der Waals surface area contributed by atoms with Gasteiger partial charge in [-0.2, -0.15) is 0 Å². The summed E-state index contributed by atoms with van der Waals surface area (Å²) in [7, 11) is 1.35. The van der Waals surface area contributed by atoms with E-state index in [1.165, 1.54) is 7.11 Å². The van der Waals surface area contributed by atoms with Crippen LogP contribution in [0.4, 0.5) is 5.69 Å². The molecule has 0 aromatic heterocycles. The van der Waals surface area contributed by atoms with Crippen LogP contribution < -0.4 is 5.32 Å². The summed E-state index contributed by atoms with van der Waals surface area (Å²) in [6.07, 6.45) is 0. The van der Waals surface area contributed by atoms with Gasteiger partial charge in [-0.25, -0.2) is 4.79 Å². The molecule has 1 aromatic rings. The minimum absolute atomic E-state index is 0.318. The van der Waals surface area contributed by atoms with Gasteiger partial charge < -0.3 is 10.1 Å². The third-order valence-corrected chi connectivity index (χ3v) is 3.28. The lowest BCUT2D eigenvalue weighted by Gasteiger charge is -2.14. The van der Waals surface area contributed by atoms with E-state index in [1.54, 1.807) is 19.1 Å². The molecule has 0 spiro atoms. The largest absolute Gasteiger partial charge is 0.467 e. The van der Waals surface area contributed by atoms with Crippen molar-refractivity contribution in [2.75, 3.05) is 12.4 Å². The first-order chi connectivity index (χ1) is 7.06. The molecule has 15 heavy (non-hydrogen) atoms. The molecule has 0 bridgehead atoms. The normalized spacial score (nSPS) is 12.0. The highest BCUT2D eigenvalue weighted by Crippen LogP contribution is 2.30. The fourth-order valence-corrected chi connectivity index (χ4v) is 1.64. The zero-order valence-electron chi connectivity index (χ0n) is 8.38. The SMILES string of the molecule is COC(=O)C(C)Nc1cccc(Cl)c1Br. The van der Waals surface area contributed by atoms with Crippen molar-refractivity contribution in [2.45, 2.75) is 13.0 Å². The highest BCUT2D eigenvalue weighted by atomic mass is 79.9. The van der Waals surface area contributed by atoms with E-state index in [4.69, 9.17) is 11.6 Å². The number of methoxy groups -OCH3 is 1. The number of hydrogen-bond acceptors (Lipinski definition) is 3. The highest BCUT2D eigenvalue weighted by Gasteiger charge is 2.14. The van der Waals surface area contributed by atoms with Crippen LogP contribution in [0, 0.1) is 0 Å². The van der Waals surface area contributed by atoms with Gasteiger partial charge in [-0.1, -0.05) is 17.7 Å². The standard InChI is InChI=1S/C10H11BrClNO2/c1-6(10(14)15-2)13-8-5-3-4-7(12)9(8)11/h3-6,13H,1-2H3. The van der Waals surface area contributed by atoms with Crippen LogP contribution in [0.25, 0.3) is 0 Å². The van der Waals surface area contributed by atoms with E-state index in [1.807, 2.05) is 6.07 Å². The van der Waals surface area contributed by atoms with Gasteiger partial charge in [-0.3, -0.25) is 0 Å². The van der Waals surface area contributed by atoms with Crippen LogP contribution in [0.2, 0.25) is 5.02 Å². The van der Waals surface area contributed by atoms with Crippen molar-refractivity contribution in [3.8, 4) is 0 Å². The maximum Gasteiger partial charge on any atom is 0.327 e. The number of carbonyl (C=O) groups is 1. The first kappa shape index (κ1) is 12.3. The Morgan fingerprint density at radius 2 is 2.27 bits per heavy atom. The number of rotatable bonds is 3. The molecule has 0 radical (unpaired) electrons. The Balaban J connectivity index is 2.81. The van der Waals surface area contributed by atoms with E-state index in [0.29, 0.717) is 5.02 Å². The summed E-state index contributed by atoms with van der Waals surface area (Å²) in [4.78, 5) is 11.2. The van der Waals surface area contributed by atoms with Gasteiger partial charge in [-0.15, -0.1) is 0 Å². The zero-order chi connectivity index (χ0) is 11.4. The average molecular weight is 293 g/mol. The molecule has 0 aliphatic carbocycles. The zero-order valence-corrected chi connectivity index (χ0v) is 10.7. The van der Waals surface area contributed by atoms with E-state index in [-0.39, 0.29) is 5.97 Å². The summed E-state index contributed by atoms with van der Waals surface area (Å²) in [6, 6.07) is 4.99. The maximum atomic E-state index is 11.2. The molecule has 1 N–H and O–H groups in total. The molecule has 0 aliphatic heterocycles. The van der Waals surface area contributed by atoms with E-state index in [2.05, 4.69) is 26.0 Å². The minimum atomic E-state index is -0.412. The Hall–Kier alpha value is -0.740. The van der Waals surface area contributed by atoms with Crippen molar-refractivity contribution >= 4 is 39.2 Å². The van der Waals surface area contributed by atoms with Crippen LogP contribution in [0.5, 0.6) is 0 Å². The molecule has 0 aliphatic rings. The third kappa shape index (κ3) is 3.11. The minimum Gasteiger partial charge on any atom is -0.467 e. The molecule has 5 heteroatoms. The van der Waals surface area contributed by atoms with Crippen molar-refractivity contribution in [3.05, 3.63) is 27.7 Å². The molecule has 1 atom stereocenters. The summed E-state index contributed by atoms with van der Waals surface area (Å²) in [5, 5.41) is 3.59. The molecule has 0 saturated heterocycles. The Kier molecular flexibility index (Phi) is 4.42. The molecule has 0 heterocycles. The molecule has 82 valence electrons. The second kappa shape index (κ2) is 5.37. The number of carbonyl (C=O) groups excluding carboxylic acids is 1. The third-order valence-electron chi connectivity index (χ3n) is 1.88. The summed E-state index contributed by atoms with van der Waals surface area (Å²) in [6.45, 7) is 1.72. The quantitative estimate of drug-likeness (QED) is 0.870. The van der Waals surface area contributed by atoms with E-state index in [9.17, 15) is 4.79 Å². The van der Waals surface area contributed by atoms with Crippen LogP contribution in [0.15, 0.2) is 22.7 Å². The van der Waals surface area contributed by atoms with Crippen molar-refractivity contribution < 1.29 is 9.53 Å². The number of anilines is 1. The number of esters is 1. The van der Waals surface area contributed by atoms with Crippen molar-refractivity contribution in [1.82, 2.24) is 0 Å². The Morgan fingerprint density at radius 1 is 1.60 bits per heavy atom. The second-order valence-electron chi connectivity index (χ2n) is 2.99. The Labute approximate surface area is 102 Å². The fourth-order valence-electron chi connectivity index (χ4n) is 1.08. The average Bonchev–Trinajstić information content (AvgIpc) is 2.23. The number of ether oxygens (including phenoxy) is 1. The predicted molar refractivity (Wildman–Crippen MR) is 64.3 cm³/mol. The molecule has 3 nitrogen and oxygen atoms in total. The van der Waals surface area contributed by atoms with Crippen LogP contribution in [-0.2, 0) is 9.53 Å². The molecule has 1 rings (SSSR count). The number of nitrogens with one attached hydrogen (secondary N) is 1. The van der Waals surface area contributed by atoms with E-state index >= 15 is 0 Å². The highest BCUT2D eigenvalue weighted by molar-refractivity contribution is 9.10. The van der Waals surface area contributed by atoms with E-state index < -0.39 is 6.04 Å². The summed E-state index contributed by atoms with van der Waals surface area (Å²) < 4.78 is 5.34. The van der Waals surface area contributed by atoms with Crippen LogP contribution in [0.1, 0.15) is 6.92 Å². The molecule has 0 fully saturated rings. The lowest BCUT2D eigenvalue weighted by Crippen LogP contribution is -2.27. The summed E-state index contributed by atoms with van der Waals surface area (Å²) in [5.74, 6) is -0.318. The molecule has 0 amide bonds. The van der Waals surface area contributed by atoms with Gasteiger partial charge in [0.2, 0.25) is 0 Å². The van der Waals surface area contributed by atoms with Gasteiger partial charge in [0.05, 0.1) is 22.3 Å².